The normalized spacial score (nSPS) is 13.2. The van der Waals surface area contributed by atoms with Crippen LogP contribution in [0.2, 0.25) is 0 Å². The zero-order valence-electron chi connectivity index (χ0n) is 18.4. The van der Waals surface area contributed by atoms with Gasteiger partial charge in [-0.25, -0.2) is 4.99 Å². The summed E-state index contributed by atoms with van der Waals surface area (Å²) in [6, 6.07) is 14.9. The lowest BCUT2D eigenvalue weighted by Crippen LogP contribution is -2.34. The minimum Gasteiger partial charge on any atom is -0.387 e. The summed E-state index contributed by atoms with van der Waals surface area (Å²) in [4.78, 5) is 19.7. The van der Waals surface area contributed by atoms with Gasteiger partial charge in [0.25, 0.3) is 0 Å². The van der Waals surface area contributed by atoms with E-state index in [1.165, 1.54) is 5.56 Å². The predicted octanol–water partition coefficient (Wildman–Crippen LogP) is 5.73. The first-order chi connectivity index (χ1) is 14.5. The molecule has 2 N–H and O–H groups in total. The number of aryl methyl sites for hydroxylation is 1. The zero-order valence-corrected chi connectivity index (χ0v) is 18.4. The van der Waals surface area contributed by atoms with Crippen LogP contribution >= 0.6 is 0 Å². The highest BCUT2D eigenvalue weighted by Gasteiger charge is 2.21. The van der Waals surface area contributed by atoms with Crippen LogP contribution in [0.15, 0.2) is 53.0 Å². The fraction of sp³-hybridized carbons (Fsp3) is 0.385. The molecule has 4 nitrogen and oxygen atoms in total. The fourth-order valence-corrected chi connectivity index (χ4v) is 3.92. The van der Waals surface area contributed by atoms with Gasteiger partial charge in [-0.3, -0.25) is 4.79 Å². The number of carbonyl (C=O) groups excluding carboxylic acids is 1. The molecule has 2 aromatic carbocycles. The highest BCUT2D eigenvalue weighted by atomic mass is 16.2. The van der Waals surface area contributed by atoms with Gasteiger partial charge < -0.3 is 10.6 Å². The summed E-state index contributed by atoms with van der Waals surface area (Å²) >= 11 is 0. The van der Waals surface area contributed by atoms with Crippen LogP contribution < -0.4 is 5.73 Å². The maximum absolute atomic E-state index is 13.1. The largest absolute Gasteiger partial charge is 0.387 e. The molecule has 0 radical (unpaired) electrons. The molecule has 0 aliphatic carbocycles. The molecule has 1 amide bonds. The summed E-state index contributed by atoms with van der Waals surface area (Å²) in [6.45, 7) is 7.92. The second kappa shape index (κ2) is 10.2. The molecule has 158 valence electrons. The van der Waals surface area contributed by atoms with Crippen LogP contribution in [0, 0.1) is 0 Å². The molecule has 30 heavy (non-hydrogen) atoms. The topological polar surface area (TPSA) is 58.7 Å². The number of benzene rings is 2. The number of rotatable bonds is 8. The van der Waals surface area contributed by atoms with Gasteiger partial charge in [-0.1, -0.05) is 63.6 Å². The molecule has 1 aliphatic rings. The first-order valence-corrected chi connectivity index (χ1v) is 11.1. The number of hydrogen-bond donors (Lipinski definition) is 1. The van der Waals surface area contributed by atoms with Crippen molar-refractivity contribution in [3.63, 3.8) is 0 Å². The van der Waals surface area contributed by atoms with E-state index in [0.29, 0.717) is 17.8 Å². The standard InChI is InChI=1S/C26H33N3O/c1-4-7-19-8-10-20(11-9-19)21-12-13-22-16-23(18-25(27)28-24(22)17-21)26(30)29(14-5-2)15-6-3/h8-13,16-17H,4-7,14-15,18H2,1-3H3,(H2,27,28). The Balaban J connectivity index is 1.92. The van der Waals surface area contributed by atoms with Gasteiger partial charge in [0.1, 0.15) is 5.84 Å². The molecule has 1 aliphatic heterocycles. The number of amidine groups is 1. The van der Waals surface area contributed by atoms with E-state index in [1.807, 2.05) is 17.0 Å². The molecule has 0 saturated heterocycles. The van der Waals surface area contributed by atoms with Gasteiger partial charge in [0.2, 0.25) is 5.91 Å². The van der Waals surface area contributed by atoms with E-state index in [1.54, 1.807) is 0 Å². The van der Waals surface area contributed by atoms with E-state index in [9.17, 15) is 4.79 Å². The third kappa shape index (κ3) is 5.18. The average Bonchev–Trinajstić information content (AvgIpc) is 2.91. The van der Waals surface area contributed by atoms with E-state index in [4.69, 9.17) is 5.73 Å². The maximum Gasteiger partial charge on any atom is 0.250 e. The molecule has 0 aromatic heterocycles. The van der Waals surface area contributed by atoms with Gasteiger partial charge in [0.15, 0.2) is 0 Å². The first-order valence-electron chi connectivity index (χ1n) is 11.1. The molecule has 0 bridgehead atoms. The van der Waals surface area contributed by atoms with Gasteiger partial charge in [0, 0.05) is 30.6 Å². The Morgan fingerprint density at radius 1 is 0.967 bits per heavy atom. The van der Waals surface area contributed by atoms with Crippen molar-refractivity contribution in [2.75, 3.05) is 13.1 Å². The van der Waals surface area contributed by atoms with E-state index < -0.39 is 0 Å². The highest BCUT2D eigenvalue weighted by Crippen LogP contribution is 2.32. The minimum atomic E-state index is 0.0697. The Hall–Kier alpha value is -2.88. The van der Waals surface area contributed by atoms with Crippen LogP contribution in [0.1, 0.15) is 57.6 Å². The Bertz CT molecular complexity index is 935. The summed E-state index contributed by atoms with van der Waals surface area (Å²) in [5.41, 5.74) is 12.3. The molecule has 0 unspecified atom stereocenters. The lowest BCUT2D eigenvalue weighted by atomic mass is 9.99. The summed E-state index contributed by atoms with van der Waals surface area (Å²) in [7, 11) is 0. The molecule has 0 saturated carbocycles. The van der Waals surface area contributed by atoms with Crippen molar-refractivity contribution >= 4 is 23.5 Å². The number of amides is 1. The van der Waals surface area contributed by atoms with Crippen molar-refractivity contribution in [1.29, 1.82) is 0 Å². The van der Waals surface area contributed by atoms with Gasteiger partial charge in [0.05, 0.1) is 5.69 Å². The number of nitrogens with zero attached hydrogens (tertiary/aromatic N) is 2. The van der Waals surface area contributed by atoms with Gasteiger partial charge >= 0.3 is 0 Å². The SMILES string of the molecule is CCCc1ccc(-c2ccc3c(c2)N=C(N)CC(C(=O)N(CCC)CCC)=C3)cc1. The quantitative estimate of drug-likeness (QED) is 0.612. The molecule has 1 heterocycles. The van der Waals surface area contributed by atoms with Crippen molar-refractivity contribution in [2.45, 2.75) is 52.9 Å². The van der Waals surface area contributed by atoms with Gasteiger partial charge in [-0.15, -0.1) is 0 Å². The van der Waals surface area contributed by atoms with E-state index >= 15 is 0 Å². The monoisotopic (exact) mass is 403 g/mol. The second-order valence-corrected chi connectivity index (χ2v) is 7.96. The van der Waals surface area contributed by atoms with Crippen molar-refractivity contribution in [3.05, 3.63) is 59.2 Å². The fourth-order valence-electron chi connectivity index (χ4n) is 3.92. The Labute approximate surface area is 180 Å². The third-order valence-electron chi connectivity index (χ3n) is 5.37. The second-order valence-electron chi connectivity index (χ2n) is 7.96. The van der Waals surface area contributed by atoms with Gasteiger partial charge in [-0.2, -0.15) is 0 Å². The molecule has 4 heteroatoms. The number of fused-ring (bicyclic) bond motifs is 1. The number of aliphatic imine (C=N–C) groups is 1. The predicted molar refractivity (Wildman–Crippen MR) is 127 cm³/mol. The molecular formula is C26H33N3O. The van der Waals surface area contributed by atoms with Crippen LogP contribution in [-0.4, -0.2) is 29.7 Å². The molecular weight excluding hydrogens is 370 g/mol. The van der Waals surface area contributed by atoms with Gasteiger partial charge in [-0.05, 0) is 48.1 Å². The lowest BCUT2D eigenvalue weighted by molar-refractivity contribution is -0.127. The summed E-state index contributed by atoms with van der Waals surface area (Å²) in [5.74, 6) is 0.553. The number of carbonyl (C=O) groups is 1. The van der Waals surface area contributed by atoms with Crippen LogP contribution in [0.25, 0.3) is 17.2 Å². The molecule has 0 spiro atoms. The summed E-state index contributed by atoms with van der Waals surface area (Å²) in [6.07, 6.45) is 6.48. The molecule has 0 atom stereocenters. The smallest absolute Gasteiger partial charge is 0.250 e. The molecule has 2 aromatic rings. The van der Waals surface area contributed by atoms with Crippen molar-refractivity contribution in [2.24, 2.45) is 10.7 Å². The number of nitrogens with two attached hydrogens (primary N) is 1. The van der Waals surface area contributed by atoms with Crippen LogP contribution in [0.3, 0.4) is 0 Å². The van der Waals surface area contributed by atoms with Crippen molar-refractivity contribution in [3.8, 4) is 11.1 Å². The Morgan fingerprint density at radius 3 is 2.27 bits per heavy atom. The molecule has 3 rings (SSSR count). The lowest BCUT2D eigenvalue weighted by Gasteiger charge is -2.22. The highest BCUT2D eigenvalue weighted by molar-refractivity contribution is 6.05. The Kier molecular flexibility index (Phi) is 7.45. The first kappa shape index (κ1) is 21.8. The van der Waals surface area contributed by atoms with E-state index in [2.05, 4.69) is 62.2 Å². The van der Waals surface area contributed by atoms with E-state index in [0.717, 1.165) is 61.2 Å². The van der Waals surface area contributed by atoms with E-state index in [-0.39, 0.29) is 5.91 Å². The van der Waals surface area contributed by atoms with Crippen molar-refractivity contribution < 1.29 is 4.79 Å². The number of hydrogen-bond acceptors (Lipinski definition) is 3. The maximum atomic E-state index is 13.1. The molecule has 0 fully saturated rings. The average molecular weight is 404 g/mol. The Morgan fingerprint density at radius 2 is 1.63 bits per heavy atom. The summed E-state index contributed by atoms with van der Waals surface area (Å²) in [5, 5.41) is 0. The van der Waals surface area contributed by atoms with Crippen LogP contribution in [0.5, 0.6) is 0 Å². The summed E-state index contributed by atoms with van der Waals surface area (Å²) < 4.78 is 0. The third-order valence-corrected chi connectivity index (χ3v) is 5.37. The van der Waals surface area contributed by atoms with Crippen LogP contribution in [-0.2, 0) is 11.2 Å². The van der Waals surface area contributed by atoms with Crippen LogP contribution in [0.4, 0.5) is 5.69 Å². The zero-order chi connectivity index (χ0) is 21.5. The van der Waals surface area contributed by atoms with Crippen molar-refractivity contribution in [1.82, 2.24) is 4.90 Å². The minimum absolute atomic E-state index is 0.0697.